The predicted octanol–water partition coefficient (Wildman–Crippen LogP) is 3.50. The molecule has 29 heavy (non-hydrogen) atoms. The van der Waals surface area contributed by atoms with Gasteiger partial charge in [-0.15, -0.1) is 0 Å². The molecule has 1 amide bonds. The van der Waals surface area contributed by atoms with Crippen molar-refractivity contribution in [3.05, 3.63) is 42.0 Å². The molecule has 0 aliphatic carbocycles. The quantitative estimate of drug-likeness (QED) is 0.825. The van der Waals surface area contributed by atoms with Crippen LogP contribution in [0.3, 0.4) is 0 Å². The Kier molecular flexibility index (Phi) is 4.49. The molecule has 0 unspecified atom stereocenters. The molecule has 1 N–H and O–H groups in total. The summed E-state index contributed by atoms with van der Waals surface area (Å²) in [5, 5.41) is 0. The Hall–Kier alpha value is -2.74. The Morgan fingerprint density at radius 3 is 2.55 bits per heavy atom. The number of rotatable bonds is 4. The van der Waals surface area contributed by atoms with Crippen LogP contribution in [0, 0.1) is 5.92 Å². The van der Waals surface area contributed by atoms with Crippen LogP contribution in [0.5, 0.6) is 11.5 Å². The Balaban J connectivity index is 1.67. The SMILES string of the molecule is CC(C)C(=O)N1CC(C)(C)c2cc(S(=O)(=O)Nc3ccc4c(c3)OCO4)ccc21. The van der Waals surface area contributed by atoms with Gasteiger partial charge in [-0.25, -0.2) is 8.42 Å². The minimum Gasteiger partial charge on any atom is -0.454 e. The van der Waals surface area contributed by atoms with Crippen LogP contribution in [0.2, 0.25) is 0 Å². The zero-order valence-corrected chi connectivity index (χ0v) is 17.7. The molecule has 0 saturated carbocycles. The molecule has 0 radical (unpaired) electrons. The van der Waals surface area contributed by atoms with Crippen molar-refractivity contribution in [3.63, 3.8) is 0 Å². The van der Waals surface area contributed by atoms with Crippen LogP contribution in [0.25, 0.3) is 0 Å². The highest BCUT2D eigenvalue weighted by Gasteiger charge is 2.39. The maximum Gasteiger partial charge on any atom is 0.261 e. The van der Waals surface area contributed by atoms with Crippen molar-refractivity contribution in [1.29, 1.82) is 0 Å². The van der Waals surface area contributed by atoms with E-state index in [9.17, 15) is 13.2 Å². The lowest BCUT2D eigenvalue weighted by Gasteiger charge is -2.22. The van der Waals surface area contributed by atoms with Gasteiger partial charge >= 0.3 is 0 Å². The average molecular weight is 416 g/mol. The van der Waals surface area contributed by atoms with Crippen LogP contribution in [0.4, 0.5) is 11.4 Å². The fourth-order valence-corrected chi connectivity index (χ4v) is 4.78. The molecule has 2 aliphatic rings. The predicted molar refractivity (Wildman–Crippen MR) is 110 cm³/mol. The summed E-state index contributed by atoms with van der Waals surface area (Å²) < 4.78 is 39.1. The summed E-state index contributed by atoms with van der Waals surface area (Å²) in [5.41, 5.74) is 1.67. The van der Waals surface area contributed by atoms with Crippen molar-refractivity contribution >= 4 is 27.3 Å². The molecule has 0 spiro atoms. The van der Waals surface area contributed by atoms with E-state index in [-0.39, 0.29) is 28.9 Å². The number of benzene rings is 2. The number of nitrogens with zero attached hydrogens (tertiary/aromatic N) is 1. The minimum atomic E-state index is -3.81. The molecule has 2 aromatic rings. The Morgan fingerprint density at radius 1 is 1.10 bits per heavy atom. The molecule has 2 aliphatic heterocycles. The maximum absolute atomic E-state index is 13.0. The molecule has 0 aromatic heterocycles. The van der Waals surface area contributed by atoms with Gasteiger partial charge in [0.15, 0.2) is 11.5 Å². The topological polar surface area (TPSA) is 84.9 Å². The average Bonchev–Trinajstić information content (AvgIpc) is 3.22. The van der Waals surface area contributed by atoms with E-state index < -0.39 is 10.0 Å². The van der Waals surface area contributed by atoms with Crippen LogP contribution in [0.1, 0.15) is 33.3 Å². The summed E-state index contributed by atoms with van der Waals surface area (Å²) in [6.45, 7) is 8.40. The number of sulfonamides is 1. The second-order valence-corrected chi connectivity index (χ2v) is 10.00. The van der Waals surface area contributed by atoms with Gasteiger partial charge in [-0.2, -0.15) is 0 Å². The highest BCUT2D eigenvalue weighted by molar-refractivity contribution is 7.92. The number of ether oxygens (including phenoxy) is 2. The van der Waals surface area contributed by atoms with E-state index in [0.717, 1.165) is 11.3 Å². The molecule has 7 nitrogen and oxygen atoms in total. The van der Waals surface area contributed by atoms with Crippen LogP contribution in [0.15, 0.2) is 41.3 Å². The number of nitrogens with one attached hydrogen (secondary N) is 1. The number of amides is 1. The van der Waals surface area contributed by atoms with Gasteiger partial charge in [-0.3, -0.25) is 9.52 Å². The smallest absolute Gasteiger partial charge is 0.261 e. The van der Waals surface area contributed by atoms with E-state index in [1.165, 1.54) is 6.07 Å². The molecule has 0 fully saturated rings. The largest absolute Gasteiger partial charge is 0.454 e. The fraction of sp³-hybridized carbons (Fsp3) is 0.381. The summed E-state index contributed by atoms with van der Waals surface area (Å²) >= 11 is 0. The number of fused-ring (bicyclic) bond motifs is 2. The lowest BCUT2D eigenvalue weighted by atomic mass is 9.87. The number of hydrogen-bond donors (Lipinski definition) is 1. The van der Waals surface area contributed by atoms with Crippen molar-refractivity contribution in [3.8, 4) is 11.5 Å². The van der Waals surface area contributed by atoms with Gasteiger partial charge in [0.1, 0.15) is 0 Å². The first-order valence-corrected chi connectivity index (χ1v) is 11.0. The summed E-state index contributed by atoms with van der Waals surface area (Å²) in [6.07, 6.45) is 0. The second-order valence-electron chi connectivity index (χ2n) is 8.32. The number of carbonyl (C=O) groups excluding carboxylic acids is 1. The van der Waals surface area contributed by atoms with Crippen LogP contribution >= 0.6 is 0 Å². The number of hydrogen-bond acceptors (Lipinski definition) is 5. The van der Waals surface area contributed by atoms with E-state index in [4.69, 9.17) is 9.47 Å². The molecule has 2 heterocycles. The standard InChI is InChI=1S/C21H24N2O5S/c1-13(2)20(24)23-11-21(3,4)16-10-15(6-7-17(16)23)29(25,26)22-14-5-8-18-19(9-14)28-12-27-18/h5-10,13,22H,11-12H2,1-4H3. The third-order valence-corrected chi connectivity index (χ3v) is 6.62. The van der Waals surface area contributed by atoms with Crippen molar-refractivity contribution < 1.29 is 22.7 Å². The van der Waals surface area contributed by atoms with E-state index in [1.807, 2.05) is 27.7 Å². The zero-order chi connectivity index (χ0) is 21.0. The van der Waals surface area contributed by atoms with Gasteiger partial charge in [-0.05, 0) is 35.9 Å². The lowest BCUT2D eigenvalue weighted by molar-refractivity contribution is -0.121. The van der Waals surface area contributed by atoms with Crippen LogP contribution in [-0.2, 0) is 20.2 Å². The first kappa shape index (κ1) is 19.6. The molecule has 4 rings (SSSR count). The Labute approximate surface area is 170 Å². The van der Waals surface area contributed by atoms with Crippen molar-refractivity contribution in [2.75, 3.05) is 23.0 Å². The summed E-state index contributed by atoms with van der Waals surface area (Å²) in [5.74, 6) is 0.990. The molecular formula is C21H24N2O5S. The van der Waals surface area contributed by atoms with Gasteiger partial charge in [0.25, 0.3) is 10.0 Å². The molecule has 0 saturated heterocycles. The summed E-state index contributed by atoms with van der Waals surface area (Å²) in [6, 6.07) is 9.82. The summed E-state index contributed by atoms with van der Waals surface area (Å²) in [4.78, 5) is 14.5. The lowest BCUT2D eigenvalue weighted by Crippen LogP contribution is -2.36. The Bertz CT molecular complexity index is 1090. The number of carbonyl (C=O) groups is 1. The van der Waals surface area contributed by atoms with Gasteiger partial charge in [-0.1, -0.05) is 27.7 Å². The molecule has 2 aromatic carbocycles. The molecular weight excluding hydrogens is 392 g/mol. The van der Waals surface area contributed by atoms with Gasteiger partial charge in [0.05, 0.1) is 10.6 Å². The third kappa shape index (κ3) is 3.42. The van der Waals surface area contributed by atoms with E-state index in [2.05, 4.69) is 4.72 Å². The fourth-order valence-electron chi connectivity index (χ4n) is 3.71. The van der Waals surface area contributed by atoms with Crippen molar-refractivity contribution in [2.45, 2.75) is 38.0 Å². The second kappa shape index (κ2) is 6.66. The van der Waals surface area contributed by atoms with E-state index in [1.54, 1.807) is 35.2 Å². The van der Waals surface area contributed by atoms with Crippen molar-refractivity contribution in [2.24, 2.45) is 5.92 Å². The van der Waals surface area contributed by atoms with Crippen LogP contribution in [-0.4, -0.2) is 27.7 Å². The monoisotopic (exact) mass is 416 g/mol. The maximum atomic E-state index is 13.0. The highest BCUT2D eigenvalue weighted by Crippen LogP contribution is 2.42. The molecule has 154 valence electrons. The third-order valence-electron chi connectivity index (χ3n) is 5.24. The van der Waals surface area contributed by atoms with Crippen LogP contribution < -0.4 is 19.1 Å². The highest BCUT2D eigenvalue weighted by atomic mass is 32.2. The minimum absolute atomic E-state index is 0.0333. The van der Waals surface area contributed by atoms with E-state index in [0.29, 0.717) is 23.7 Å². The van der Waals surface area contributed by atoms with Gasteiger partial charge in [0.2, 0.25) is 12.7 Å². The molecule has 0 atom stereocenters. The first-order valence-electron chi connectivity index (χ1n) is 9.47. The molecule has 0 bridgehead atoms. The molecule has 8 heteroatoms. The number of anilines is 2. The van der Waals surface area contributed by atoms with E-state index >= 15 is 0 Å². The first-order chi connectivity index (χ1) is 13.6. The van der Waals surface area contributed by atoms with Gasteiger partial charge < -0.3 is 14.4 Å². The Morgan fingerprint density at radius 2 is 1.83 bits per heavy atom. The normalized spacial score (nSPS) is 16.8. The zero-order valence-electron chi connectivity index (χ0n) is 16.9. The van der Waals surface area contributed by atoms with Gasteiger partial charge in [0, 0.05) is 29.6 Å². The summed E-state index contributed by atoms with van der Waals surface area (Å²) in [7, 11) is -3.81. The van der Waals surface area contributed by atoms with Crippen molar-refractivity contribution in [1.82, 2.24) is 0 Å².